The van der Waals surface area contributed by atoms with E-state index in [0.29, 0.717) is 12.2 Å². The summed E-state index contributed by atoms with van der Waals surface area (Å²) >= 11 is 0. The Morgan fingerprint density at radius 1 is 1.45 bits per heavy atom. The predicted molar refractivity (Wildman–Crippen MR) is 46.7 cm³/mol. The molecule has 4 N–H and O–H groups in total. The van der Waals surface area contributed by atoms with Crippen LogP contribution in [0.25, 0.3) is 0 Å². The lowest BCUT2D eigenvalue weighted by molar-refractivity contribution is 1.13. The van der Waals surface area contributed by atoms with E-state index in [4.69, 9.17) is 11.5 Å². The van der Waals surface area contributed by atoms with Crippen LogP contribution in [0.3, 0.4) is 0 Å². The summed E-state index contributed by atoms with van der Waals surface area (Å²) in [6.07, 6.45) is 5.69. The standard InChI is InChI=1S/C9H12N2/c1-7-2-4-8(6-10)9(11)5-3-7/h2-3,5H,6,10-11H2,1H3. The summed E-state index contributed by atoms with van der Waals surface area (Å²) in [6, 6.07) is 0. The Labute approximate surface area is 66.6 Å². The number of hydrogen-bond acceptors (Lipinski definition) is 2. The van der Waals surface area contributed by atoms with Crippen molar-refractivity contribution in [3.63, 3.8) is 0 Å². The monoisotopic (exact) mass is 148 g/mol. The van der Waals surface area contributed by atoms with E-state index in [1.807, 2.05) is 25.2 Å². The molecule has 0 unspecified atom stereocenters. The highest BCUT2D eigenvalue weighted by Gasteiger charge is 1.97. The lowest BCUT2D eigenvalue weighted by Gasteiger charge is -1.97. The minimum atomic E-state index is 0.444. The van der Waals surface area contributed by atoms with Crippen LogP contribution < -0.4 is 11.5 Å². The summed E-state index contributed by atoms with van der Waals surface area (Å²) in [6.45, 7) is 2.44. The largest absolute Gasteiger partial charge is 0.398 e. The zero-order valence-electron chi connectivity index (χ0n) is 6.59. The van der Waals surface area contributed by atoms with Gasteiger partial charge in [0.1, 0.15) is 0 Å². The lowest BCUT2D eigenvalue weighted by atomic mass is 10.2. The van der Waals surface area contributed by atoms with E-state index in [2.05, 4.69) is 5.73 Å². The van der Waals surface area contributed by atoms with Crippen molar-refractivity contribution in [2.24, 2.45) is 11.5 Å². The molecule has 2 nitrogen and oxygen atoms in total. The third kappa shape index (κ3) is 1.84. The third-order valence-corrected chi connectivity index (χ3v) is 1.55. The Bertz CT molecular complexity index is 276. The van der Waals surface area contributed by atoms with Crippen LogP contribution in [0.15, 0.2) is 40.8 Å². The van der Waals surface area contributed by atoms with Crippen molar-refractivity contribution in [1.82, 2.24) is 0 Å². The van der Waals surface area contributed by atoms with Gasteiger partial charge in [-0.2, -0.15) is 0 Å². The molecule has 0 spiro atoms. The van der Waals surface area contributed by atoms with Crippen LogP contribution in [0.4, 0.5) is 0 Å². The average molecular weight is 148 g/mol. The maximum atomic E-state index is 5.67. The summed E-state index contributed by atoms with van der Waals surface area (Å²) in [5, 5.41) is 0. The molecule has 0 radical (unpaired) electrons. The predicted octanol–water partition coefficient (Wildman–Crippen LogP) is 0.829. The van der Waals surface area contributed by atoms with Crippen LogP contribution in [0, 0.1) is 0 Å². The molecular weight excluding hydrogens is 136 g/mol. The quantitative estimate of drug-likeness (QED) is 0.541. The molecule has 0 aromatic heterocycles. The first-order chi connectivity index (χ1) is 5.24. The molecule has 0 aromatic rings. The van der Waals surface area contributed by atoms with Gasteiger partial charge in [-0.3, -0.25) is 0 Å². The molecule has 0 aliphatic heterocycles. The summed E-state index contributed by atoms with van der Waals surface area (Å²) < 4.78 is 0. The molecule has 1 aliphatic carbocycles. The van der Waals surface area contributed by atoms with Crippen LogP contribution in [-0.4, -0.2) is 6.54 Å². The third-order valence-electron chi connectivity index (χ3n) is 1.55. The van der Waals surface area contributed by atoms with Gasteiger partial charge in [0.05, 0.1) is 0 Å². The number of rotatable bonds is 1. The molecule has 0 fully saturated rings. The first-order valence-electron chi connectivity index (χ1n) is 3.54. The van der Waals surface area contributed by atoms with Gasteiger partial charge < -0.3 is 11.5 Å². The van der Waals surface area contributed by atoms with Crippen molar-refractivity contribution in [3.8, 4) is 0 Å². The Balaban J connectivity index is 3.07. The van der Waals surface area contributed by atoms with Crippen molar-refractivity contribution in [1.29, 1.82) is 0 Å². The van der Waals surface area contributed by atoms with Crippen LogP contribution in [0.2, 0.25) is 0 Å². The van der Waals surface area contributed by atoms with E-state index in [9.17, 15) is 0 Å². The molecule has 2 heteroatoms. The Kier molecular flexibility index (Phi) is 2.32. The maximum absolute atomic E-state index is 5.67. The van der Waals surface area contributed by atoms with Gasteiger partial charge in [0.25, 0.3) is 0 Å². The molecule has 0 atom stereocenters. The second kappa shape index (κ2) is 3.24. The van der Waals surface area contributed by atoms with Gasteiger partial charge in [-0.15, -0.1) is 5.73 Å². The molecule has 0 saturated carbocycles. The Hall–Kier alpha value is -1.24. The fourth-order valence-corrected chi connectivity index (χ4v) is 0.831. The zero-order valence-corrected chi connectivity index (χ0v) is 6.59. The highest BCUT2D eigenvalue weighted by atomic mass is 14.6. The smallest absolute Gasteiger partial charge is 0.0438 e. The molecule has 0 amide bonds. The van der Waals surface area contributed by atoms with E-state index >= 15 is 0 Å². The minimum Gasteiger partial charge on any atom is -0.398 e. The molecule has 0 saturated heterocycles. The van der Waals surface area contributed by atoms with Gasteiger partial charge in [-0.1, -0.05) is 6.08 Å². The molecule has 1 rings (SSSR count). The first kappa shape index (κ1) is 7.86. The molecular formula is C9H12N2. The van der Waals surface area contributed by atoms with Crippen molar-refractivity contribution >= 4 is 0 Å². The van der Waals surface area contributed by atoms with Crippen molar-refractivity contribution in [2.45, 2.75) is 6.92 Å². The summed E-state index contributed by atoms with van der Waals surface area (Å²) in [4.78, 5) is 0. The van der Waals surface area contributed by atoms with Crippen LogP contribution in [0.1, 0.15) is 6.92 Å². The van der Waals surface area contributed by atoms with E-state index in [-0.39, 0.29) is 0 Å². The first-order valence-corrected chi connectivity index (χ1v) is 3.54. The van der Waals surface area contributed by atoms with Gasteiger partial charge in [0, 0.05) is 17.8 Å². The molecule has 0 heterocycles. The second-order valence-electron chi connectivity index (χ2n) is 2.50. The molecule has 1 aliphatic rings. The van der Waals surface area contributed by atoms with E-state index in [1.165, 1.54) is 0 Å². The highest BCUT2D eigenvalue weighted by molar-refractivity contribution is 5.38. The minimum absolute atomic E-state index is 0.444. The van der Waals surface area contributed by atoms with Crippen LogP contribution in [0.5, 0.6) is 0 Å². The average Bonchev–Trinajstić information content (AvgIpc) is 2.15. The van der Waals surface area contributed by atoms with Gasteiger partial charge in [-0.25, -0.2) is 0 Å². The summed E-state index contributed by atoms with van der Waals surface area (Å²) in [5.74, 6) is 0. The number of allylic oxidation sites excluding steroid dienone is 3. The summed E-state index contributed by atoms with van der Waals surface area (Å²) in [5.41, 5.74) is 16.9. The van der Waals surface area contributed by atoms with Gasteiger partial charge in [0.15, 0.2) is 0 Å². The fraction of sp³-hybridized carbons (Fsp3) is 0.222. The van der Waals surface area contributed by atoms with Crippen molar-refractivity contribution in [2.75, 3.05) is 6.54 Å². The lowest BCUT2D eigenvalue weighted by Crippen LogP contribution is -2.09. The van der Waals surface area contributed by atoms with Gasteiger partial charge in [-0.05, 0) is 24.6 Å². The number of nitrogens with two attached hydrogens (primary N) is 2. The SMILES string of the molecule is CC1=CC=C(N)C(CN)=C=C1. The summed E-state index contributed by atoms with van der Waals surface area (Å²) in [7, 11) is 0. The molecule has 0 aromatic carbocycles. The van der Waals surface area contributed by atoms with Crippen molar-refractivity contribution in [3.05, 3.63) is 40.8 Å². The van der Waals surface area contributed by atoms with Gasteiger partial charge >= 0.3 is 0 Å². The highest BCUT2D eigenvalue weighted by Crippen LogP contribution is 2.07. The molecule has 0 bridgehead atoms. The van der Waals surface area contributed by atoms with Crippen molar-refractivity contribution < 1.29 is 0 Å². The normalized spacial score (nSPS) is 16.7. The molecule has 11 heavy (non-hydrogen) atoms. The maximum Gasteiger partial charge on any atom is 0.0438 e. The van der Waals surface area contributed by atoms with E-state index in [0.717, 1.165) is 11.1 Å². The Morgan fingerprint density at radius 3 is 2.82 bits per heavy atom. The zero-order chi connectivity index (χ0) is 8.27. The second-order valence-corrected chi connectivity index (χ2v) is 2.50. The fourth-order valence-electron chi connectivity index (χ4n) is 0.831. The van der Waals surface area contributed by atoms with Crippen LogP contribution in [-0.2, 0) is 0 Å². The van der Waals surface area contributed by atoms with Crippen LogP contribution >= 0.6 is 0 Å². The van der Waals surface area contributed by atoms with E-state index in [1.54, 1.807) is 0 Å². The van der Waals surface area contributed by atoms with E-state index < -0.39 is 0 Å². The van der Waals surface area contributed by atoms with Gasteiger partial charge in [0.2, 0.25) is 0 Å². The number of hydrogen-bond donors (Lipinski definition) is 2. The topological polar surface area (TPSA) is 52.0 Å². The Morgan fingerprint density at radius 2 is 2.18 bits per heavy atom. The molecule has 58 valence electrons.